The molecule has 0 radical (unpaired) electrons. The van der Waals surface area contributed by atoms with Crippen LogP contribution in [-0.2, 0) is 9.84 Å². The molecule has 114 valence electrons. The summed E-state index contributed by atoms with van der Waals surface area (Å²) in [5.74, 6) is 0.669. The third-order valence-corrected chi connectivity index (χ3v) is 4.91. The lowest BCUT2D eigenvalue weighted by Gasteiger charge is -2.18. The molecule has 0 heterocycles. The zero-order chi connectivity index (χ0) is 14.2. The molecule has 0 aliphatic rings. The van der Waals surface area contributed by atoms with Gasteiger partial charge < -0.3 is 10.6 Å². The molecular weight excluding hydrogens is 377 g/mol. The number of guanidine groups is 1. The molecular formula is C12H26IN3O2S. The van der Waals surface area contributed by atoms with Gasteiger partial charge >= 0.3 is 0 Å². The first-order chi connectivity index (χ1) is 8.24. The zero-order valence-electron chi connectivity index (χ0n) is 12.2. The van der Waals surface area contributed by atoms with E-state index < -0.39 is 14.6 Å². The first kappa shape index (κ1) is 21.0. The van der Waals surface area contributed by atoms with Gasteiger partial charge in [0.15, 0.2) is 15.8 Å². The highest BCUT2D eigenvalue weighted by molar-refractivity contribution is 14.0. The standard InChI is InChI=1S/C12H25N3O2S.HI/c1-6-8-14-11(13-7-2)15-9-10-18(16,17)12(3,4)5;/h6H,1,7-10H2,2-5H3,(H2,13,14,15);1H. The highest BCUT2D eigenvalue weighted by Gasteiger charge is 2.28. The van der Waals surface area contributed by atoms with Crippen LogP contribution in [0.2, 0.25) is 0 Å². The van der Waals surface area contributed by atoms with Crippen LogP contribution in [0.25, 0.3) is 0 Å². The van der Waals surface area contributed by atoms with Crippen molar-refractivity contribution in [3.05, 3.63) is 12.7 Å². The van der Waals surface area contributed by atoms with Crippen molar-refractivity contribution in [3.63, 3.8) is 0 Å². The molecule has 0 bridgehead atoms. The minimum atomic E-state index is -3.11. The van der Waals surface area contributed by atoms with Crippen molar-refractivity contribution in [1.82, 2.24) is 10.6 Å². The summed E-state index contributed by atoms with van der Waals surface area (Å²) >= 11 is 0. The first-order valence-electron chi connectivity index (χ1n) is 6.10. The summed E-state index contributed by atoms with van der Waals surface area (Å²) in [6.45, 7) is 12.2. The lowest BCUT2D eigenvalue weighted by atomic mass is 10.3. The molecule has 0 saturated heterocycles. The average Bonchev–Trinajstić information content (AvgIpc) is 2.24. The molecule has 0 fully saturated rings. The number of hydrogen-bond donors (Lipinski definition) is 2. The third kappa shape index (κ3) is 8.46. The van der Waals surface area contributed by atoms with Gasteiger partial charge in [-0.05, 0) is 27.7 Å². The minimum absolute atomic E-state index is 0. The van der Waals surface area contributed by atoms with Crippen LogP contribution in [0.5, 0.6) is 0 Å². The molecule has 5 nitrogen and oxygen atoms in total. The number of aliphatic imine (C=N–C) groups is 1. The van der Waals surface area contributed by atoms with Crippen LogP contribution in [0.15, 0.2) is 17.6 Å². The van der Waals surface area contributed by atoms with Gasteiger partial charge in [0.05, 0.1) is 17.0 Å². The Morgan fingerprint density at radius 3 is 2.32 bits per heavy atom. The van der Waals surface area contributed by atoms with Crippen molar-refractivity contribution in [1.29, 1.82) is 0 Å². The molecule has 0 rings (SSSR count). The Balaban J connectivity index is 0. The Morgan fingerprint density at radius 1 is 1.32 bits per heavy atom. The molecule has 0 aromatic carbocycles. The number of rotatable bonds is 6. The smallest absolute Gasteiger partial charge is 0.191 e. The zero-order valence-corrected chi connectivity index (χ0v) is 15.3. The molecule has 7 heteroatoms. The van der Waals surface area contributed by atoms with Gasteiger partial charge in [-0.1, -0.05) is 6.08 Å². The van der Waals surface area contributed by atoms with Crippen molar-refractivity contribution in [2.24, 2.45) is 4.99 Å². The SMILES string of the molecule is C=CCNC(=NCCS(=O)(=O)C(C)(C)C)NCC.I. The van der Waals surface area contributed by atoms with E-state index in [0.717, 1.165) is 6.54 Å². The second-order valence-corrected chi connectivity index (χ2v) is 7.72. The van der Waals surface area contributed by atoms with Crippen molar-refractivity contribution in [3.8, 4) is 0 Å². The van der Waals surface area contributed by atoms with Crippen LogP contribution < -0.4 is 10.6 Å². The normalized spacial score (nSPS) is 12.5. The lowest BCUT2D eigenvalue weighted by Crippen LogP contribution is -2.38. The fourth-order valence-corrected chi connectivity index (χ4v) is 2.04. The molecule has 0 saturated carbocycles. The van der Waals surface area contributed by atoms with E-state index in [0.29, 0.717) is 12.5 Å². The van der Waals surface area contributed by atoms with E-state index in [-0.39, 0.29) is 36.3 Å². The average molecular weight is 403 g/mol. The van der Waals surface area contributed by atoms with Gasteiger partial charge in [-0.3, -0.25) is 4.99 Å². The summed E-state index contributed by atoms with van der Waals surface area (Å²) in [5, 5.41) is 6.06. The molecule has 2 N–H and O–H groups in total. The largest absolute Gasteiger partial charge is 0.357 e. The van der Waals surface area contributed by atoms with Gasteiger partial charge in [0.25, 0.3) is 0 Å². The van der Waals surface area contributed by atoms with E-state index in [4.69, 9.17) is 0 Å². The van der Waals surface area contributed by atoms with E-state index in [1.54, 1.807) is 26.8 Å². The maximum atomic E-state index is 11.9. The number of nitrogens with one attached hydrogen (secondary N) is 2. The Morgan fingerprint density at radius 2 is 1.89 bits per heavy atom. The number of nitrogens with zero attached hydrogens (tertiary/aromatic N) is 1. The Labute approximate surface area is 134 Å². The van der Waals surface area contributed by atoms with Crippen LogP contribution in [0.4, 0.5) is 0 Å². The topological polar surface area (TPSA) is 70.6 Å². The van der Waals surface area contributed by atoms with Crippen molar-refractivity contribution >= 4 is 39.8 Å². The highest BCUT2D eigenvalue weighted by atomic mass is 127. The Kier molecular flexibility index (Phi) is 10.6. The second kappa shape index (κ2) is 9.57. The summed E-state index contributed by atoms with van der Waals surface area (Å²) in [6, 6.07) is 0. The molecule has 0 unspecified atom stereocenters. The van der Waals surface area contributed by atoms with Crippen LogP contribution in [0, 0.1) is 0 Å². The summed E-state index contributed by atoms with van der Waals surface area (Å²) in [5.41, 5.74) is 0. The summed E-state index contributed by atoms with van der Waals surface area (Å²) < 4.78 is 23.0. The van der Waals surface area contributed by atoms with Crippen molar-refractivity contribution in [2.45, 2.75) is 32.4 Å². The molecule has 0 aliphatic carbocycles. The van der Waals surface area contributed by atoms with Crippen LogP contribution in [0.1, 0.15) is 27.7 Å². The van der Waals surface area contributed by atoms with Gasteiger partial charge in [-0.25, -0.2) is 8.42 Å². The van der Waals surface area contributed by atoms with Gasteiger partial charge in [-0.15, -0.1) is 30.6 Å². The van der Waals surface area contributed by atoms with Crippen LogP contribution in [-0.4, -0.2) is 44.5 Å². The number of sulfone groups is 1. The second-order valence-electron chi connectivity index (χ2n) is 4.86. The molecule has 0 spiro atoms. The molecule has 0 amide bonds. The molecule has 0 aromatic rings. The predicted octanol–water partition coefficient (Wildman–Crippen LogP) is 1.56. The lowest BCUT2D eigenvalue weighted by molar-refractivity contribution is 0.560. The van der Waals surface area contributed by atoms with E-state index in [1.165, 1.54) is 0 Å². The molecule has 0 atom stereocenters. The van der Waals surface area contributed by atoms with E-state index in [2.05, 4.69) is 22.2 Å². The minimum Gasteiger partial charge on any atom is -0.357 e. The quantitative estimate of drug-likeness (QED) is 0.306. The van der Waals surface area contributed by atoms with Crippen LogP contribution in [0.3, 0.4) is 0 Å². The fourth-order valence-electron chi connectivity index (χ4n) is 1.09. The first-order valence-corrected chi connectivity index (χ1v) is 7.75. The van der Waals surface area contributed by atoms with Crippen LogP contribution >= 0.6 is 24.0 Å². The van der Waals surface area contributed by atoms with Gasteiger partial charge in [0.1, 0.15) is 0 Å². The number of hydrogen-bond acceptors (Lipinski definition) is 3. The summed E-state index contributed by atoms with van der Waals surface area (Å²) in [6.07, 6.45) is 1.72. The number of halogens is 1. The fraction of sp³-hybridized carbons (Fsp3) is 0.750. The van der Waals surface area contributed by atoms with E-state index >= 15 is 0 Å². The van der Waals surface area contributed by atoms with Gasteiger partial charge in [0, 0.05) is 13.1 Å². The maximum absolute atomic E-state index is 11.9. The van der Waals surface area contributed by atoms with E-state index in [1.807, 2.05) is 6.92 Å². The van der Waals surface area contributed by atoms with E-state index in [9.17, 15) is 8.42 Å². The molecule has 19 heavy (non-hydrogen) atoms. The Hall–Kier alpha value is -0.310. The van der Waals surface area contributed by atoms with Gasteiger partial charge in [-0.2, -0.15) is 0 Å². The van der Waals surface area contributed by atoms with Crippen molar-refractivity contribution in [2.75, 3.05) is 25.4 Å². The molecule has 0 aliphatic heterocycles. The highest BCUT2D eigenvalue weighted by Crippen LogP contribution is 2.15. The maximum Gasteiger partial charge on any atom is 0.191 e. The Bertz CT molecular complexity index is 386. The molecule has 0 aromatic heterocycles. The summed E-state index contributed by atoms with van der Waals surface area (Å²) in [4.78, 5) is 4.22. The van der Waals surface area contributed by atoms with Gasteiger partial charge in [0.2, 0.25) is 0 Å². The predicted molar refractivity (Wildman–Crippen MR) is 93.1 cm³/mol. The van der Waals surface area contributed by atoms with Crippen molar-refractivity contribution < 1.29 is 8.42 Å². The monoisotopic (exact) mass is 403 g/mol. The summed E-state index contributed by atoms with van der Waals surface area (Å²) in [7, 11) is -3.11. The third-order valence-electron chi connectivity index (χ3n) is 2.32.